The predicted octanol–water partition coefficient (Wildman–Crippen LogP) is 4.43. The van der Waals surface area contributed by atoms with Crippen LogP contribution in [0.25, 0.3) is 10.9 Å². The lowest BCUT2D eigenvalue weighted by atomic mass is 10.1. The van der Waals surface area contributed by atoms with Crippen LogP contribution in [0.2, 0.25) is 0 Å². The fourth-order valence-corrected chi connectivity index (χ4v) is 2.31. The van der Waals surface area contributed by atoms with Crippen LogP contribution < -0.4 is 10.6 Å². The first kappa shape index (κ1) is 20.8. The van der Waals surface area contributed by atoms with Gasteiger partial charge in [-0.25, -0.2) is 9.59 Å². The number of anilines is 1. The highest BCUT2D eigenvalue weighted by molar-refractivity contribution is 5.92. The quantitative estimate of drug-likeness (QED) is 0.530. The Morgan fingerprint density at radius 3 is 2.46 bits per heavy atom. The molecule has 0 aliphatic heterocycles. The third-order valence-electron chi connectivity index (χ3n) is 3.59. The highest BCUT2D eigenvalue weighted by Crippen LogP contribution is 2.17. The summed E-state index contributed by atoms with van der Waals surface area (Å²) in [5, 5.41) is 13.9. The van der Waals surface area contributed by atoms with Crippen LogP contribution in [0, 0.1) is 6.92 Å². The molecule has 0 bridgehead atoms. The number of amides is 2. The lowest BCUT2D eigenvalue weighted by molar-refractivity contribution is -0.192. The van der Waals surface area contributed by atoms with Gasteiger partial charge in [0.25, 0.3) is 0 Å². The first-order chi connectivity index (χ1) is 13.1. The second-order valence-electron chi connectivity index (χ2n) is 5.88. The van der Waals surface area contributed by atoms with Crippen molar-refractivity contribution in [1.82, 2.24) is 10.3 Å². The molecular weight excluding hydrogens is 375 g/mol. The van der Waals surface area contributed by atoms with Crippen LogP contribution in [0.3, 0.4) is 0 Å². The largest absolute Gasteiger partial charge is 0.490 e. The molecular formula is C19H18F3N3O3. The summed E-state index contributed by atoms with van der Waals surface area (Å²) >= 11 is 0. The molecule has 28 heavy (non-hydrogen) atoms. The molecule has 0 saturated carbocycles. The fraction of sp³-hybridized carbons (Fsp3) is 0.158. The van der Waals surface area contributed by atoms with Gasteiger partial charge in [-0.1, -0.05) is 35.9 Å². The van der Waals surface area contributed by atoms with Gasteiger partial charge in [-0.3, -0.25) is 0 Å². The number of carboxylic acids is 1. The van der Waals surface area contributed by atoms with Crippen LogP contribution >= 0.6 is 0 Å². The topological polar surface area (TPSA) is 94.2 Å². The van der Waals surface area contributed by atoms with E-state index in [4.69, 9.17) is 9.90 Å². The number of rotatable bonds is 3. The van der Waals surface area contributed by atoms with Gasteiger partial charge in [0.05, 0.1) is 0 Å². The number of carbonyl (C=O) groups is 2. The van der Waals surface area contributed by atoms with Crippen molar-refractivity contribution < 1.29 is 27.9 Å². The number of alkyl halides is 3. The van der Waals surface area contributed by atoms with Crippen LogP contribution in [0.15, 0.2) is 54.7 Å². The van der Waals surface area contributed by atoms with Crippen LogP contribution in [-0.4, -0.2) is 28.3 Å². The van der Waals surface area contributed by atoms with E-state index in [2.05, 4.69) is 21.7 Å². The molecule has 148 valence electrons. The molecule has 0 spiro atoms. The molecule has 3 aromatic rings. The third-order valence-corrected chi connectivity index (χ3v) is 3.59. The Balaban J connectivity index is 0.000000345. The van der Waals surface area contributed by atoms with Gasteiger partial charge < -0.3 is 20.7 Å². The Hall–Kier alpha value is -3.49. The van der Waals surface area contributed by atoms with Crippen molar-refractivity contribution in [3.05, 3.63) is 65.9 Å². The Morgan fingerprint density at radius 2 is 1.82 bits per heavy atom. The molecule has 1 heterocycles. The van der Waals surface area contributed by atoms with Crippen LogP contribution in [0.1, 0.15) is 11.1 Å². The molecule has 2 aromatic carbocycles. The molecule has 4 N–H and O–H groups in total. The van der Waals surface area contributed by atoms with Crippen LogP contribution in [0.5, 0.6) is 0 Å². The second kappa shape index (κ2) is 8.94. The van der Waals surface area contributed by atoms with Gasteiger partial charge >= 0.3 is 18.2 Å². The number of aromatic amines is 1. The third kappa shape index (κ3) is 6.35. The number of aryl methyl sites for hydroxylation is 1. The second-order valence-corrected chi connectivity index (χ2v) is 5.88. The minimum atomic E-state index is -5.08. The molecule has 0 saturated heterocycles. The van der Waals surface area contributed by atoms with Crippen LogP contribution in [0.4, 0.5) is 23.7 Å². The van der Waals surface area contributed by atoms with Crippen molar-refractivity contribution in [3.8, 4) is 0 Å². The SMILES string of the molecule is Cc1cccc(CNC(=O)Nc2ccc3cc[nH]c3c2)c1.O=C(O)C(F)(F)F. The van der Waals surface area contributed by atoms with Gasteiger partial charge in [0.1, 0.15) is 0 Å². The van der Waals surface area contributed by atoms with E-state index in [0.717, 1.165) is 22.2 Å². The average molecular weight is 393 g/mol. The van der Waals surface area contributed by atoms with Gasteiger partial charge in [-0.15, -0.1) is 0 Å². The number of aromatic nitrogens is 1. The zero-order valence-corrected chi connectivity index (χ0v) is 14.8. The zero-order chi connectivity index (χ0) is 20.7. The average Bonchev–Trinajstić information content (AvgIpc) is 3.07. The van der Waals surface area contributed by atoms with E-state index in [0.29, 0.717) is 6.54 Å². The Kier molecular flexibility index (Phi) is 6.64. The lowest BCUT2D eigenvalue weighted by Gasteiger charge is -2.08. The van der Waals surface area contributed by atoms with Crippen molar-refractivity contribution in [3.63, 3.8) is 0 Å². The van der Waals surface area contributed by atoms with Crippen molar-refractivity contribution in [2.24, 2.45) is 0 Å². The van der Waals surface area contributed by atoms with E-state index in [1.165, 1.54) is 5.56 Å². The normalized spacial score (nSPS) is 10.7. The summed E-state index contributed by atoms with van der Waals surface area (Å²) in [7, 11) is 0. The molecule has 0 radical (unpaired) electrons. The lowest BCUT2D eigenvalue weighted by Crippen LogP contribution is -2.28. The van der Waals surface area contributed by atoms with Gasteiger partial charge in [0, 0.05) is 23.9 Å². The summed E-state index contributed by atoms with van der Waals surface area (Å²) in [5.74, 6) is -2.76. The predicted molar refractivity (Wildman–Crippen MR) is 99.0 cm³/mol. The minimum Gasteiger partial charge on any atom is -0.475 e. The Labute approximate surface area is 158 Å². The van der Waals surface area contributed by atoms with Gasteiger partial charge in [-0.2, -0.15) is 13.2 Å². The molecule has 0 atom stereocenters. The number of carbonyl (C=O) groups excluding carboxylic acids is 1. The number of carboxylic acid groups (broad SMARTS) is 1. The number of urea groups is 1. The van der Waals surface area contributed by atoms with E-state index in [-0.39, 0.29) is 6.03 Å². The molecule has 1 aromatic heterocycles. The summed E-state index contributed by atoms with van der Waals surface area (Å²) in [4.78, 5) is 23.9. The summed E-state index contributed by atoms with van der Waals surface area (Å²) in [6, 6.07) is 15.7. The molecule has 0 aliphatic carbocycles. The number of benzene rings is 2. The molecule has 3 rings (SSSR count). The number of aliphatic carboxylic acids is 1. The van der Waals surface area contributed by atoms with Gasteiger partial charge in [0.15, 0.2) is 0 Å². The summed E-state index contributed by atoms with van der Waals surface area (Å²) in [6.45, 7) is 2.55. The van der Waals surface area contributed by atoms with E-state index in [1.807, 2.05) is 55.6 Å². The summed E-state index contributed by atoms with van der Waals surface area (Å²) < 4.78 is 31.7. The van der Waals surface area contributed by atoms with Crippen LogP contribution in [-0.2, 0) is 11.3 Å². The number of hydrogen-bond donors (Lipinski definition) is 4. The first-order valence-electron chi connectivity index (χ1n) is 8.13. The highest BCUT2D eigenvalue weighted by Gasteiger charge is 2.38. The smallest absolute Gasteiger partial charge is 0.475 e. The van der Waals surface area contributed by atoms with E-state index in [1.54, 1.807) is 0 Å². The minimum absolute atomic E-state index is 0.206. The highest BCUT2D eigenvalue weighted by atomic mass is 19.4. The Bertz CT molecular complexity index is 967. The standard InChI is InChI=1S/C17H17N3O.C2HF3O2/c1-12-3-2-4-13(9-12)11-19-17(21)20-15-6-5-14-7-8-18-16(14)10-15;3-2(4,5)1(6)7/h2-10,18H,11H2,1H3,(H2,19,20,21);(H,6,7). The number of nitrogens with one attached hydrogen (secondary N) is 3. The van der Waals surface area contributed by atoms with Crippen molar-refractivity contribution in [2.45, 2.75) is 19.6 Å². The molecule has 0 aliphatic rings. The number of halogens is 3. The van der Waals surface area contributed by atoms with E-state index < -0.39 is 12.1 Å². The molecule has 0 unspecified atom stereocenters. The maximum absolute atomic E-state index is 11.9. The first-order valence-corrected chi connectivity index (χ1v) is 8.13. The van der Waals surface area contributed by atoms with Crippen molar-refractivity contribution >= 4 is 28.6 Å². The van der Waals surface area contributed by atoms with Crippen molar-refractivity contribution in [2.75, 3.05) is 5.32 Å². The van der Waals surface area contributed by atoms with Crippen molar-refractivity contribution in [1.29, 1.82) is 0 Å². The molecule has 6 nitrogen and oxygen atoms in total. The summed E-state index contributed by atoms with van der Waals surface area (Å²) in [5.41, 5.74) is 4.05. The summed E-state index contributed by atoms with van der Waals surface area (Å²) in [6.07, 6.45) is -3.20. The number of fused-ring (bicyclic) bond motifs is 1. The monoisotopic (exact) mass is 393 g/mol. The van der Waals surface area contributed by atoms with E-state index in [9.17, 15) is 18.0 Å². The molecule has 0 fully saturated rings. The zero-order valence-electron chi connectivity index (χ0n) is 14.8. The van der Waals surface area contributed by atoms with E-state index >= 15 is 0 Å². The van der Waals surface area contributed by atoms with Gasteiger partial charge in [0.2, 0.25) is 0 Å². The molecule has 9 heteroatoms. The molecule has 2 amide bonds. The maximum Gasteiger partial charge on any atom is 0.490 e. The number of H-pyrrole nitrogens is 1. The number of hydrogen-bond acceptors (Lipinski definition) is 2. The Morgan fingerprint density at radius 1 is 1.11 bits per heavy atom. The maximum atomic E-state index is 11.9. The van der Waals surface area contributed by atoms with Gasteiger partial charge in [-0.05, 0) is 36.1 Å². The fourth-order valence-electron chi connectivity index (χ4n) is 2.31.